The summed E-state index contributed by atoms with van der Waals surface area (Å²) in [5.74, 6) is 0.599. The molecule has 0 radical (unpaired) electrons. The van der Waals surface area contributed by atoms with E-state index in [0.29, 0.717) is 5.92 Å². The van der Waals surface area contributed by atoms with Gasteiger partial charge in [0.1, 0.15) is 0 Å². The maximum atomic E-state index is 9.30. The zero-order valence-corrected chi connectivity index (χ0v) is 5.93. The Kier molecular flexibility index (Phi) is 1.91. The van der Waals surface area contributed by atoms with E-state index in [9.17, 15) is 5.11 Å². The molecule has 1 saturated carbocycles. The van der Waals surface area contributed by atoms with Gasteiger partial charge in [-0.15, -0.1) is 6.58 Å². The van der Waals surface area contributed by atoms with E-state index in [1.54, 1.807) is 0 Å². The van der Waals surface area contributed by atoms with E-state index < -0.39 is 0 Å². The molecule has 1 rings (SSSR count). The van der Waals surface area contributed by atoms with Crippen LogP contribution in [0.3, 0.4) is 0 Å². The fraction of sp³-hybridized carbons (Fsp3) is 0.750. The first-order valence-corrected chi connectivity index (χ1v) is 3.52. The lowest BCUT2D eigenvalue weighted by molar-refractivity contribution is 0.151. The van der Waals surface area contributed by atoms with Gasteiger partial charge in [0.2, 0.25) is 0 Å². The second-order valence-corrected chi connectivity index (χ2v) is 3.07. The SMILES string of the molecule is C=C(C)CC(O)C1CC1. The van der Waals surface area contributed by atoms with E-state index in [0.717, 1.165) is 12.0 Å². The third kappa shape index (κ3) is 2.19. The van der Waals surface area contributed by atoms with Gasteiger partial charge in [-0.25, -0.2) is 0 Å². The van der Waals surface area contributed by atoms with Gasteiger partial charge in [-0.2, -0.15) is 0 Å². The second kappa shape index (κ2) is 2.53. The molecule has 1 fully saturated rings. The molecule has 1 aliphatic carbocycles. The Morgan fingerprint density at radius 2 is 2.33 bits per heavy atom. The molecule has 1 aliphatic rings. The van der Waals surface area contributed by atoms with Crippen LogP contribution in [-0.2, 0) is 0 Å². The lowest BCUT2D eigenvalue weighted by Crippen LogP contribution is -2.08. The van der Waals surface area contributed by atoms with Crippen LogP contribution in [0.2, 0.25) is 0 Å². The molecule has 0 amide bonds. The molecule has 1 heteroatoms. The summed E-state index contributed by atoms with van der Waals surface area (Å²) in [6.45, 7) is 5.71. The predicted molar refractivity (Wildman–Crippen MR) is 38.2 cm³/mol. The van der Waals surface area contributed by atoms with Crippen molar-refractivity contribution < 1.29 is 5.11 Å². The third-order valence-electron chi connectivity index (χ3n) is 1.72. The molecular weight excluding hydrogens is 112 g/mol. The van der Waals surface area contributed by atoms with Gasteiger partial charge in [-0.1, -0.05) is 5.57 Å². The summed E-state index contributed by atoms with van der Waals surface area (Å²) in [6, 6.07) is 0. The third-order valence-corrected chi connectivity index (χ3v) is 1.72. The molecule has 1 N–H and O–H groups in total. The first-order valence-electron chi connectivity index (χ1n) is 3.52. The Balaban J connectivity index is 2.17. The minimum absolute atomic E-state index is 0.0949. The van der Waals surface area contributed by atoms with Crippen LogP contribution in [0.25, 0.3) is 0 Å². The van der Waals surface area contributed by atoms with Crippen LogP contribution in [0.4, 0.5) is 0 Å². The Morgan fingerprint density at radius 1 is 1.78 bits per heavy atom. The Bertz CT molecular complexity index is 114. The van der Waals surface area contributed by atoms with Crippen molar-refractivity contribution in [1.29, 1.82) is 0 Å². The highest BCUT2D eigenvalue weighted by molar-refractivity contribution is 4.94. The van der Waals surface area contributed by atoms with Crippen LogP contribution in [0.15, 0.2) is 12.2 Å². The monoisotopic (exact) mass is 126 g/mol. The van der Waals surface area contributed by atoms with Crippen molar-refractivity contribution in [3.8, 4) is 0 Å². The summed E-state index contributed by atoms with van der Waals surface area (Å²) in [4.78, 5) is 0. The summed E-state index contributed by atoms with van der Waals surface area (Å²) in [6.07, 6.45) is 3.13. The molecule has 0 saturated heterocycles. The van der Waals surface area contributed by atoms with Crippen molar-refractivity contribution in [3.05, 3.63) is 12.2 Å². The summed E-state index contributed by atoms with van der Waals surface area (Å²) in [7, 11) is 0. The molecule has 0 aromatic heterocycles. The summed E-state index contributed by atoms with van der Waals surface area (Å²) in [5.41, 5.74) is 1.09. The highest BCUT2D eigenvalue weighted by atomic mass is 16.3. The smallest absolute Gasteiger partial charge is 0.0605 e. The second-order valence-electron chi connectivity index (χ2n) is 3.07. The maximum absolute atomic E-state index is 9.30. The standard InChI is InChI=1S/C8H14O/c1-6(2)5-8(9)7-3-4-7/h7-9H,1,3-5H2,2H3. The van der Waals surface area contributed by atoms with Crippen LogP contribution in [-0.4, -0.2) is 11.2 Å². The Morgan fingerprint density at radius 3 is 2.67 bits per heavy atom. The number of rotatable bonds is 3. The molecule has 0 spiro atoms. The minimum Gasteiger partial charge on any atom is -0.393 e. The highest BCUT2D eigenvalue weighted by Gasteiger charge is 2.29. The molecule has 0 aromatic carbocycles. The molecule has 52 valence electrons. The van der Waals surface area contributed by atoms with Gasteiger partial charge in [-0.3, -0.25) is 0 Å². The summed E-state index contributed by atoms with van der Waals surface area (Å²) >= 11 is 0. The van der Waals surface area contributed by atoms with Crippen LogP contribution in [0, 0.1) is 5.92 Å². The van der Waals surface area contributed by atoms with Crippen molar-refractivity contribution in [2.45, 2.75) is 32.3 Å². The van der Waals surface area contributed by atoms with Gasteiger partial charge in [-0.05, 0) is 32.1 Å². The van der Waals surface area contributed by atoms with Crippen molar-refractivity contribution in [2.24, 2.45) is 5.92 Å². The minimum atomic E-state index is -0.0949. The fourth-order valence-electron chi connectivity index (χ4n) is 1.00. The Hall–Kier alpha value is -0.300. The first kappa shape index (κ1) is 6.81. The molecule has 1 atom stereocenters. The molecule has 1 unspecified atom stereocenters. The highest BCUT2D eigenvalue weighted by Crippen LogP contribution is 2.34. The van der Waals surface area contributed by atoms with E-state index in [1.807, 2.05) is 6.92 Å². The lowest BCUT2D eigenvalue weighted by atomic mass is 10.1. The van der Waals surface area contributed by atoms with Gasteiger partial charge in [0.15, 0.2) is 0 Å². The normalized spacial score (nSPS) is 21.6. The van der Waals surface area contributed by atoms with E-state index in [1.165, 1.54) is 12.8 Å². The van der Waals surface area contributed by atoms with Crippen molar-refractivity contribution in [1.82, 2.24) is 0 Å². The number of aliphatic hydroxyl groups is 1. The summed E-state index contributed by atoms with van der Waals surface area (Å²) < 4.78 is 0. The van der Waals surface area contributed by atoms with Gasteiger partial charge in [0.05, 0.1) is 6.10 Å². The molecular formula is C8H14O. The van der Waals surface area contributed by atoms with E-state index in [4.69, 9.17) is 0 Å². The fourth-order valence-corrected chi connectivity index (χ4v) is 1.00. The topological polar surface area (TPSA) is 20.2 Å². The molecule has 0 bridgehead atoms. The maximum Gasteiger partial charge on any atom is 0.0605 e. The predicted octanol–water partition coefficient (Wildman–Crippen LogP) is 1.72. The van der Waals surface area contributed by atoms with Crippen molar-refractivity contribution >= 4 is 0 Å². The van der Waals surface area contributed by atoms with Crippen molar-refractivity contribution in [3.63, 3.8) is 0 Å². The van der Waals surface area contributed by atoms with Gasteiger partial charge in [0, 0.05) is 0 Å². The van der Waals surface area contributed by atoms with E-state index in [-0.39, 0.29) is 6.10 Å². The molecule has 1 nitrogen and oxygen atoms in total. The van der Waals surface area contributed by atoms with Crippen molar-refractivity contribution in [2.75, 3.05) is 0 Å². The molecule has 0 aromatic rings. The zero-order valence-electron chi connectivity index (χ0n) is 5.93. The van der Waals surface area contributed by atoms with Crippen LogP contribution >= 0.6 is 0 Å². The average Bonchev–Trinajstić information content (AvgIpc) is 2.40. The molecule has 9 heavy (non-hydrogen) atoms. The molecule has 0 heterocycles. The number of hydrogen-bond donors (Lipinski definition) is 1. The van der Waals surface area contributed by atoms with Gasteiger partial charge >= 0.3 is 0 Å². The van der Waals surface area contributed by atoms with Gasteiger partial charge < -0.3 is 5.11 Å². The average molecular weight is 126 g/mol. The largest absolute Gasteiger partial charge is 0.393 e. The number of hydrogen-bond acceptors (Lipinski definition) is 1. The zero-order chi connectivity index (χ0) is 6.85. The van der Waals surface area contributed by atoms with Crippen LogP contribution in [0.5, 0.6) is 0 Å². The van der Waals surface area contributed by atoms with E-state index >= 15 is 0 Å². The lowest BCUT2D eigenvalue weighted by Gasteiger charge is -2.06. The number of aliphatic hydroxyl groups excluding tert-OH is 1. The van der Waals surface area contributed by atoms with Crippen LogP contribution < -0.4 is 0 Å². The van der Waals surface area contributed by atoms with E-state index in [2.05, 4.69) is 6.58 Å². The van der Waals surface area contributed by atoms with Crippen LogP contribution in [0.1, 0.15) is 26.2 Å². The first-order chi connectivity index (χ1) is 4.20. The quantitative estimate of drug-likeness (QED) is 0.571. The molecule has 0 aliphatic heterocycles. The summed E-state index contributed by atoms with van der Waals surface area (Å²) in [5, 5.41) is 9.30. The van der Waals surface area contributed by atoms with Gasteiger partial charge in [0.25, 0.3) is 0 Å². The Labute approximate surface area is 56.4 Å².